The molecular weight excluding hydrogens is 462 g/mol. The van der Waals surface area contributed by atoms with E-state index in [1.165, 1.54) is 6.07 Å². The lowest BCUT2D eigenvalue weighted by Gasteiger charge is -2.13. The number of imide groups is 1. The number of esters is 1. The highest BCUT2D eigenvalue weighted by Crippen LogP contribution is 2.35. The molecule has 11 heteroatoms. The third-order valence-corrected chi connectivity index (χ3v) is 6.16. The second-order valence-corrected chi connectivity index (χ2v) is 8.22. The van der Waals surface area contributed by atoms with Gasteiger partial charge in [0.2, 0.25) is 5.91 Å². The average Bonchev–Trinajstić information content (AvgIpc) is 3.34. The zero-order valence-corrected chi connectivity index (χ0v) is 18.6. The molecule has 0 unspecified atom stereocenters. The fraction of sp³-hybridized carbons (Fsp3) is 0.130. The predicted octanol–water partition coefficient (Wildman–Crippen LogP) is 3.73. The van der Waals surface area contributed by atoms with E-state index < -0.39 is 35.2 Å². The van der Waals surface area contributed by atoms with Crippen molar-refractivity contribution in [1.29, 1.82) is 0 Å². The van der Waals surface area contributed by atoms with Gasteiger partial charge in [-0.3, -0.25) is 29.4 Å². The van der Waals surface area contributed by atoms with E-state index in [1.807, 2.05) is 30.3 Å². The number of ether oxygens (including phenoxy) is 1. The molecule has 0 radical (unpaired) electrons. The molecule has 4 rings (SSSR count). The standard InChI is InChI=1S/C23H17N3O7S/c1-2-33-23(30)20-17(11-18(34-20)13-6-4-3-5-7-13)24-19(27)12-25-21(28)15-9-8-14(26(31)32)10-16(15)22(25)29/h3-11H,2,12H2,1H3,(H,24,27). The number of nitrogens with one attached hydrogen (secondary N) is 1. The summed E-state index contributed by atoms with van der Waals surface area (Å²) < 4.78 is 5.09. The van der Waals surface area contributed by atoms with Crippen molar-refractivity contribution in [3.05, 3.63) is 80.7 Å². The highest BCUT2D eigenvalue weighted by Gasteiger charge is 2.38. The average molecular weight is 479 g/mol. The molecule has 0 saturated carbocycles. The number of amides is 3. The summed E-state index contributed by atoms with van der Waals surface area (Å²) in [5.41, 5.74) is 0.538. The molecule has 0 atom stereocenters. The van der Waals surface area contributed by atoms with Gasteiger partial charge in [-0.2, -0.15) is 0 Å². The second-order valence-electron chi connectivity index (χ2n) is 7.17. The van der Waals surface area contributed by atoms with Gasteiger partial charge in [-0.05, 0) is 24.6 Å². The van der Waals surface area contributed by atoms with E-state index >= 15 is 0 Å². The van der Waals surface area contributed by atoms with E-state index in [4.69, 9.17) is 4.74 Å². The highest BCUT2D eigenvalue weighted by molar-refractivity contribution is 7.18. The molecule has 0 spiro atoms. The number of benzene rings is 2. The van der Waals surface area contributed by atoms with Gasteiger partial charge >= 0.3 is 5.97 Å². The lowest BCUT2D eigenvalue weighted by molar-refractivity contribution is -0.384. The number of non-ortho nitro benzene ring substituents is 1. The van der Waals surface area contributed by atoms with Crippen LogP contribution < -0.4 is 5.32 Å². The molecule has 1 aromatic heterocycles. The number of carbonyl (C=O) groups is 4. The van der Waals surface area contributed by atoms with Gasteiger partial charge in [0, 0.05) is 17.0 Å². The molecule has 0 saturated heterocycles. The van der Waals surface area contributed by atoms with Crippen LogP contribution in [0.3, 0.4) is 0 Å². The van der Waals surface area contributed by atoms with Crippen molar-refractivity contribution < 1.29 is 28.8 Å². The van der Waals surface area contributed by atoms with Crippen molar-refractivity contribution in [2.75, 3.05) is 18.5 Å². The first-order chi connectivity index (χ1) is 16.3. The molecule has 2 aromatic carbocycles. The molecule has 10 nitrogen and oxygen atoms in total. The Balaban J connectivity index is 1.56. The number of rotatable bonds is 7. The number of hydrogen-bond donors (Lipinski definition) is 1. The normalized spacial score (nSPS) is 12.4. The summed E-state index contributed by atoms with van der Waals surface area (Å²) in [5.74, 6) is -2.87. The number of hydrogen-bond acceptors (Lipinski definition) is 8. The van der Waals surface area contributed by atoms with Crippen LogP contribution in [0.5, 0.6) is 0 Å². The monoisotopic (exact) mass is 479 g/mol. The molecule has 1 aliphatic heterocycles. The Morgan fingerprint density at radius 2 is 1.76 bits per heavy atom. The minimum absolute atomic E-state index is 0.0162. The third kappa shape index (κ3) is 4.28. The maximum atomic E-state index is 12.8. The van der Waals surface area contributed by atoms with Gasteiger partial charge in [-0.25, -0.2) is 4.79 Å². The predicted molar refractivity (Wildman–Crippen MR) is 123 cm³/mol. The first-order valence-electron chi connectivity index (χ1n) is 10.1. The van der Waals surface area contributed by atoms with Crippen LogP contribution in [0.15, 0.2) is 54.6 Å². The van der Waals surface area contributed by atoms with Crippen molar-refractivity contribution in [3.8, 4) is 10.4 Å². The van der Waals surface area contributed by atoms with Gasteiger partial charge < -0.3 is 10.1 Å². The van der Waals surface area contributed by atoms with E-state index in [0.29, 0.717) is 9.78 Å². The molecule has 172 valence electrons. The Bertz CT molecular complexity index is 1330. The first-order valence-corrected chi connectivity index (χ1v) is 10.9. The van der Waals surface area contributed by atoms with Gasteiger partial charge in [0.05, 0.1) is 28.3 Å². The van der Waals surface area contributed by atoms with E-state index in [2.05, 4.69) is 5.32 Å². The maximum absolute atomic E-state index is 12.8. The van der Waals surface area contributed by atoms with Crippen molar-refractivity contribution >= 4 is 46.4 Å². The van der Waals surface area contributed by atoms with Crippen LogP contribution in [0.2, 0.25) is 0 Å². The van der Waals surface area contributed by atoms with Crippen molar-refractivity contribution in [2.45, 2.75) is 6.92 Å². The Morgan fingerprint density at radius 3 is 2.44 bits per heavy atom. The lowest BCUT2D eigenvalue weighted by atomic mass is 10.1. The zero-order chi connectivity index (χ0) is 24.4. The molecule has 3 aromatic rings. The van der Waals surface area contributed by atoms with E-state index in [1.54, 1.807) is 13.0 Å². The van der Waals surface area contributed by atoms with Crippen molar-refractivity contribution in [3.63, 3.8) is 0 Å². The number of nitrogens with zero attached hydrogens (tertiary/aromatic N) is 2. The van der Waals surface area contributed by atoms with Gasteiger partial charge in [0.1, 0.15) is 11.4 Å². The van der Waals surface area contributed by atoms with Crippen LogP contribution in [0.25, 0.3) is 10.4 Å². The number of nitro benzene ring substituents is 1. The fourth-order valence-corrected chi connectivity index (χ4v) is 4.46. The van der Waals surface area contributed by atoms with Crippen LogP contribution in [0.4, 0.5) is 11.4 Å². The van der Waals surface area contributed by atoms with Gasteiger partial charge in [0.15, 0.2) is 0 Å². The van der Waals surface area contributed by atoms with Crippen LogP contribution in [0.1, 0.15) is 37.3 Å². The number of nitro groups is 1. The molecule has 0 fully saturated rings. The Kier molecular flexibility index (Phi) is 6.19. The van der Waals surface area contributed by atoms with Crippen LogP contribution in [0, 0.1) is 10.1 Å². The Hall–Kier alpha value is -4.38. The van der Waals surface area contributed by atoms with E-state index in [0.717, 1.165) is 29.0 Å². The molecule has 34 heavy (non-hydrogen) atoms. The van der Waals surface area contributed by atoms with E-state index in [9.17, 15) is 29.3 Å². The molecule has 1 N–H and O–H groups in total. The van der Waals surface area contributed by atoms with E-state index in [-0.39, 0.29) is 34.0 Å². The minimum atomic E-state index is -0.806. The molecular formula is C23H17N3O7S. The zero-order valence-electron chi connectivity index (χ0n) is 17.8. The Labute approximate surface area is 196 Å². The SMILES string of the molecule is CCOC(=O)c1sc(-c2ccccc2)cc1NC(=O)CN1C(=O)c2ccc([N+](=O)[O-])cc2C1=O. The summed E-state index contributed by atoms with van der Waals surface area (Å²) in [7, 11) is 0. The summed E-state index contributed by atoms with van der Waals surface area (Å²) in [6.45, 7) is 1.18. The minimum Gasteiger partial charge on any atom is -0.462 e. The Morgan fingerprint density at radius 1 is 1.06 bits per heavy atom. The largest absolute Gasteiger partial charge is 0.462 e. The van der Waals surface area contributed by atoms with Gasteiger partial charge in [-0.1, -0.05) is 30.3 Å². The molecule has 2 heterocycles. The molecule has 0 bridgehead atoms. The van der Waals surface area contributed by atoms with Crippen LogP contribution in [-0.4, -0.2) is 46.7 Å². The third-order valence-electron chi connectivity index (χ3n) is 4.99. The number of anilines is 1. The summed E-state index contributed by atoms with van der Waals surface area (Å²) in [6.07, 6.45) is 0. The van der Waals surface area contributed by atoms with Crippen molar-refractivity contribution in [2.24, 2.45) is 0 Å². The highest BCUT2D eigenvalue weighted by atomic mass is 32.1. The molecule has 3 amide bonds. The summed E-state index contributed by atoms with van der Waals surface area (Å²) >= 11 is 1.14. The molecule has 0 aliphatic carbocycles. The summed E-state index contributed by atoms with van der Waals surface area (Å²) in [4.78, 5) is 62.4. The molecule has 1 aliphatic rings. The maximum Gasteiger partial charge on any atom is 0.350 e. The summed E-state index contributed by atoms with van der Waals surface area (Å²) in [5, 5.41) is 13.6. The van der Waals surface area contributed by atoms with Crippen LogP contribution >= 0.6 is 11.3 Å². The second kappa shape index (κ2) is 9.24. The lowest BCUT2D eigenvalue weighted by Crippen LogP contribution is -2.37. The first kappa shape index (κ1) is 22.8. The van der Waals surface area contributed by atoms with Crippen LogP contribution in [-0.2, 0) is 9.53 Å². The smallest absolute Gasteiger partial charge is 0.350 e. The summed E-state index contributed by atoms with van der Waals surface area (Å²) in [6, 6.07) is 14.2. The quantitative estimate of drug-likeness (QED) is 0.236. The fourth-order valence-electron chi connectivity index (χ4n) is 3.45. The van der Waals surface area contributed by atoms with Gasteiger partial charge in [-0.15, -0.1) is 11.3 Å². The number of thiophene rings is 1. The topological polar surface area (TPSA) is 136 Å². The number of fused-ring (bicyclic) bond motifs is 1. The van der Waals surface area contributed by atoms with Gasteiger partial charge in [0.25, 0.3) is 17.5 Å². The van der Waals surface area contributed by atoms with Crippen molar-refractivity contribution in [1.82, 2.24) is 4.90 Å². The number of carbonyl (C=O) groups excluding carboxylic acids is 4.